The van der Waals surface area contributed by atoms with Crippen LogP contribution in [0.15, 0.2) is 92.4 Å². The molecule has 12 rings (SSSR count). The van der Waals surface area contributed by atoms with E-state index in [9.17, 15) is 18.4 Å². The molecule has 61 heavy (non-hydrogen) atoms. The molecule has 2 saturated heterocycles. The first-order valence-electron chi connectivity index (χ1n) is 20.4. The van der Waals surface area contributed by atoms with E-state index in [1.807, 2.05) is 12.1 Å². The Balaban J connectivity index is 0.000000125. The van der Waals surface area contributed by atoms with Crippen molar-refractivity contribution in [2.75, 3.05) is 36.0 Å². The van der Waals surface area contributed by atoms with Gasteiger partial charge in [-0.2, -0.15) is 9.97 Å². The first-order chi connectivity index (χ1) is 30.4. The highest BCUT2D eigenvalue weighted by molar-refractivity contribution is 6.16. The second-order valence-electron chi connectivity index (χ2n) is 15.5. The first kappa shape index (κ1) is 36.1. The average Bonchev–Trinajstić information content (AvgIpc) is 3.77. The number of aromatic nitrogens is 12. The molecule has 21 heteroatoms. The van der Waals surface area contributed by atoms with Crippen molar-refractivity contribution >= 4 is 45.3 Å². The summed E-state index contributed by atoms with van der Waals surface area (Å²) in [5.74, 6) is 4.58. The van der Waals surface area contributed by atoms with Crippen molar-refractivity contribution in [3.05, 3.63) is 130 Å². The molecule has 8 heterocycles. The van der Waals surface area contributed by atoms with Crippen molar-refractivity contribution in [1.82, 2.24) is 58.9 Å². The fourth-order valence-electron chi connectivity index (χ4n) is 8.73. The Bertz CT molecular complexity index is 3110. The van der Waals surface area contributed by atoms with E-state index in [2.05, 4.69) is 55.0 Å². The topological polar surface area (TPSA) is 201 Å². The lowest BCUT2D eigenvalue weighted by molar-refractivity contribution is 0.363. The van der Waals surface area contributed by atoms with E-state index in [1.54, 1.807) is 38.4 Å². The van der Waals surface area contributed by atoms with E-state index < -0.39 is 0 Å². The molecule has 6 atom stereocenters. The lowest BCUT2D eigenvalue weighted by Crippen LogP contribution is -2.24. The van der Waals surface area contributed by atoms with Gasteiger partial charge in [-0.15, -0.1) is 11.6 Å². The Kier molecular flexibility index (Phi) is 9.06. The van der Waals surface area contributed by atoms with Gasteiger partial charge in [0.1, 0.15) is 33.1 Å². The molecule has 2 aromatic carbocycles. The van der Waals surface area contributed by atoms with Crippen molar-refractivity contribution < 1.29 is 20.6 Å². The Morgan fingerprint density at radius 1 is 0.754 bits per heavy atom. The number of nitrogens with one attached hydrogen (secondary N) is 1. The van der Waals surface area contributed by atoms with E-state index in [4.69, 9.17) is 23.4 Å². The molecular weight excluding hydrogens is 814 g/mol. The average molecular weight is 853 g/mol. The summed E-state index contributed by atoms with van der Waals surface area (Å²) in [6.07, 6.45) is 2.67. The van der Waals surface area contributed by atoms with Crippen LogP contribution in [0.1, 0.15) is 38.0 Å². The van der Waals surface area contributed by atoms with Crippen LogP contribution in [-0.2, 0) is 26.5 Å². The molecule has 0 amide bonds. The predicted octanol–water partition coefficient (Wildman–Crippen LogP) is 4.00. The number of nitrogens with zero attached hydrogens (tertiary/aromatic N) is 13. The number of aryl methyl sites for hydroxylation is 2. The number of benzene rings is 2. The number of imidazole rings is 2. The fourth-order valence-corrected chi connectivity index (χ4v) is 8.84. The molecule has 2 unspecified atom stereocenters. The van der Waals surface area contributed by atoms with Crippen LogP contribution in [0.2, 0.25) is 0 Å². The quantitative estimate of drug-likeness (QED) is 0.226. The van der Waals surface area contributed by atoms with Gasteiger partial charge in [0.2, 0.25) is 11.8 Å². The van der Waals surface area contributed by atoms with Gasteiger partial charge in [-0.25, -0.2) is 28.7 Å². The van der Waals surface area contributed by atoms with Gasteiger partial charge in [0, 0.05) is 63.5 Å². The van der Waals surface area contributed by atoms with Crippen LogP contribution in [0.4, 0.5) is 20.2 Å². The largest absolute Gasteiger partial charge is 0.371 e. The number of aromatic amines is 1. The number of anilines is 2. The van der Waals surface area contributed by atoms with E-state index in [-0.39, 0.29) is 64.9 Å². The van der Waals surface area contributed by atoms with Gasteiger partial charge in [-0.05, 0) is 60.1 Å². The number of hydrogen-bond acceptors (Lipinski definition) is 14. The molecule has 312 valence electrons. The zero-order valence-corrected chi connectivity index (χ0v) is 33.3. The summed E-state index contributed by atoms with van der Waals surface area (Å²) in [6.45, 7) is 3.61. The van der Waals surface area contributed by atoms with Crippen LogP contribution in [0.5, 0.6) is 0 Å². The number of halogens is 3. The number of piperidine rings is 2. The highest BCUT2D eigenvalue weighted by Gasteiger charge is 2.59. The van der Waals surface area contributed by atoms with Crippen molar-refractivity contribution in [2.24, 2.45) is 37.8 Å². The summed E-state index contributed by atoms with van der Waals surface area (Å²) in [6, 6.07) is 13.4. The summed E-state index contributed by atoms with van der Waals surface area (Å²) >= 11 is 5.66. The Hall–Kier alpha value is -6.83. The Morgan fingerprint density at radius 2 is 1.28 bits per heavy atom. The molecule has 2 saturated carbocycles. The van der Waals surface area contributed by atoms with E-state index >= 15 is 0 Å². The highest BCUT2D eigenvalue weighted by atomic mass is 35.5. The molecule has 1 N–H and O–H groups in total. The second-order valence-corrected chi connectivity index (χ2v) is 15.8. The number of H-pyrrole nitrogens is 1. The van der Waals surface area contributed by atoms with Crippen LogP contribution < -0.4 is 20.9 Å². The SMILES string of the molecule is Fc1cccc(N2C[C@@H]3C(c4noc(CCl)n4)[C@@H]3C2)c1.[2H]c1nc2nc[nH]c(=O)c2n1C.[2H]c1nc2ncn(Cc3nc(C4[C@H]5CN(c6cccc(F)c6)C[C@@H]45)no3)c(=O)c2n1C. The number of rotatable bonds is 7. The van der Waals surface area contributed by atoms with Gasteiger partial charge >= 0.3 is 0 Å². The lowest BCUT2D eigenvalue weighted by atomic mass is 10.2. The minimum atomic E-state index is -0.313. The zero-order valence-electron chi connectivity index (χ0n) is 34.6. The summed E-state index contributed by atoms with van der Waals surface area (Å²) in [4.78, 5) is 55.2. The van der Waals surface area contributed by atoms with Crippen molar-refractivity contribution in [1.29, 1.82) is 0 Å². The number of fused-ring (bicyclic) bond motifs is 4. The van der Waals surface area contributed by atoms with Gasteiger partial charge in [-0.1, -0.05) is 22.4 Å². The molecule has 6 aromatic heterocycles. The van der Waals surface area contributed by atoms with E-state index in [0.717, 1.165) is 43.4 Å². The predicted molar refractivity (Wildman–Crippen MR) is 216 cm³/mol. The van der Waals surface area contributed by atoms with Crippen molar-refractivity contribution in [2.45, 2.75) is 24.3 Å². The van der Waals surface area contributed by atoms with Crippen LogP contribution in [-0.4, -0.2) is 85.1 Å². The van der Waals surface area contributed by atoms with Gasteiger partial charge < -0.3 is 33.0 Å². The zero-order chi connectivity index (χ0) is 43.7. The van der Waals surface area contributed by atoms with Gasteiger partial charge in [0.15, 0.2) is 34.0 Å². The summed E-state index contributed by atoms with van der Waals surface area (Å²) in [5, 5.41) is 8.13. The smallest absolute Gasteiger partial charge is 0.280 e. The van der Waals surface area contributed by atoms with Crippen molar-refractivity contribution in [3.8, 4) is 0 Å². The summed E-state index contributed by atoms with van der Waals surface area (Å²) in [7, 11) is 3.21. The van der Waals surface area contributed by atoms with Crippen LogP contribution in [0.25, 0.3) is 22.3 Å². The number of hydrogen-bond donors (Lipinski definition) is 1. The minimum Gasteiger partial charge on any atom is -0.371 e. The maximum atomic E-state index is 13.5. The minimum absolute atomic E-state index is 0.0232. The molecule has 8 aromatic rings. The molecule has 0 radical (unpaired) electrons. The van der Waals surface area contributed by atoms with Crippen molar-refractivity contribution in [3.63, 3.8) is 0 Å². The lowest BCUT2D eigenvalue weighted by Gasteiger charge is -2.21. The molecule has 4 aliphatic rings. The maximum absolute atomic E-state index is 13.5. The fraction of sp³-hybridized carbons (Fsp3) is 0.350. The molecule has 18 nitrogen and oxygen atoms in total. The standard InChI is InChI=1S/C20H18FN7O2.C14H13ClFN3O.C6H6N4O/c1-26-9-22-19-17(26)20(29)28(10-23-19)8-15-24-18(25-30-15)16-13-6-27(7-14(13)16)12-4-2-3-11(21)5-12;15-5-12-17-14(18-20-12)13-10-6-19(7-11(10)13)9-3-1-2-8(16)4-9;1-10-3-9-5-4(10)6(11)8-2-7-5/h2-5,9-10,13-14,16H,6-8H2,1H3;1-4,10-11,13H,5-7H2;2-3H,1H3,(H,7,8,11)/t13-,14+,16?;10-,11+,13?;/i9D;;3D. The normalized spacial score (nSPS) is 22.6. The molecule has 0 bridgehead atoms. The van der Waals surface area contributed by atoms with E-state index in [0.29, 0.717) is 58.4 Å². The summed E-state index contributed by atoms with van der Waals surface area (Å²) in [5.41, 5.74) is 2.42. The molecule has 2 aliphatic carbocycles. The third-order valence-corrected chi connectivity index (χ3v) is 12.0. The first-order valence-corrected chi connectivity index (χ1v) is 20.0. The van der Waals surface area contributed by atoms with Gasteiger partial charge in [-0.3, -0.25) is 14.2 Å². The molecule has 0 spiro atoms. The third-order valence-electron chi connectivity index (χ3n) is 11.8. The Morgan fingerprint density at radius 3 is 1.80 bits per heavy atom. The van der Waals surface area contributed by atoms with Crippen LogP contribution in [0.3, 0.4) is 0 Å². The van der Waals surface area contributed by atoms with Crippen LogP contribution in [0, 0.1) is 35.3 Å². The number of alkyl halides is 1. The highest BCUT2D eigenvalue weighted by Crippen LogP contribution is 2.59. The third kappa shape index (κ3) is 7.29. The van der Waals surface area contributed by atoms with E-state index in [1.165, 1.54) is 38.5 Å². The molecular formula is C40H37ClF2N14O4. The molecule has 4 fully saturated rings. The second kappa shape index (κ2) is 15.3. The summed E-state index contributed by atoms with van der Waals surface area (Å²) < 4.78 is 56.4. The van der Waals surface area contributed by atoms with Gasteiger partial charge in [0.25, 0.3) is 11.1 Å². The molecule has 2 aliphatic heterocycles. The monoisotopic (exact) mass is 852 g/mol. The van der Waals surface area contributed by atoms with Gasteiger partial charge in [0.05, 0.1) is 18.9 Å². The maximum Gasteiger partial charge on any atom is 0.280 e. The van der Waals surface area contributed by atoms with Crippen LogP contribution >= 0.6 is 11.6 Å². The Labute approximate surface area is 351 Å².